The number of carbonyl (C=O) groups is 1. The molecule has 1 aromatic rings. The molecule has 0 fully saturated rings. The predicted octanol–water partition coefficient (Wildman–Crippen LogP) is 1.52. The van der Waals surface area contributed by atoms with Crippen molar-refractivity contribution in [1.82, 2.24) is 0 Å². The Morgan fingerprint density at radius 2 is 2.07 bits per heavy atom. The van der Waals surface area contributed by atoms with Gasteiger partial charge >= 0.3 is 0 Å². The fourth-order valence-electron chi connectivity index (χ4n) is 1.79. The zero-order valence-corrected chi connectivity index (χ0v) is 7.56. The summed E-state index contributed by atoms with van der Waals surface area (Å²) in [4.78, 5) is 25.3. The number of aliphatic imine (C=N–C) groups is 1. The summed E-state index contributed by atoms with van der Waals surface area (Å²) in [6, 6.07) is 7.24. The molecule has 3 heteroatoms. The third kappa shape index (κ3) is 1.50. The number of hydrogen-bond donors (Lipinski definition) is 0. The van der Waals surface area contributed by atoms with Crippen molar-refractivity contribution < 1.29 is 9.59 Å². The highest BCUT2D eigenvalue weighted by Gasteiger charge is 2.23. The Kier molecular flexibility index (Phi) is 2.25. The quantitative estimate of drug-likeness (QED) is 0.494. The second kappa shape index (κ2) is 3.56. The van der Waals surface area contributed by atoms with Crippen LogP contribution in [0.3, 0.4) is 0 Å². The van der Waals surface area contributed by atoms with Gasteiger partial charge in [-0.1, -0.05) is 24.3 Å². The Morgan fingerprint density at radius 1 is 1.29 bits per heavy atom. The van der Waals surface area contributed by atoms with E-state index in [1.165, 1.54) is 6.08 Å². The summed E-state index contributed by atoms with van der Waals surface area (Å²) in [6.07, 6.45) is 2.50. The normalized spacial score (nSPS) is 19.7. The highest BCUT2D eigenvalue weighted by atomic mass is 16.1. The van der Waals surface area contributed by atoms with E-state index in [4.69, 9.17) is 0 Å². The lowest BCUT2D eigenvalue weighted by Crippen LogP contribution is -2.22. The van der Waals surface area contributed by atoms with E-state index in [1.54, 1.807) is 0 Å². The summed E-state index contributed by atoms with van der Waals surface area (Å²) in [6.45, 7) is 0. The van der Waals surface area contributed by atoms with E-state index in [-0.39, 0.29) is 11.8 Å². The minimum atomic E-state index is -0.213. The first-order chi connectivity index (χ1) is 6.81. The van der Waals surface area contributed by atoms with Crippen LogP contribution in [0.25, 0.3) is 0 Å². The Morgan fingerprint density at radius 3 is 2.86 bits per heavy atom. The van der Waals surface area contributed by atoms with Crippen molar-refractivity contribution >= 4 is 11.9 Å². The van der Waals surface area contributed by atoms with Crippen molar-refractivity contribution in [2.45, 2.75) is 18.9 Å². The van der Waals surface area contributed by atoms with Gasteiger partial charge in [0, 0.05) is 12.0 Å². The second-order valence-electron chi connectivity index (χ2n) is 3.36. The first-order valence-electron chi connectivity index (χ1n) is 4.49. The highest BCUT2D eigenvalue weighted by molar-refractivity contribution is 5.99. The van der Waals surface area contributed by atoms with Crippen LogP contribution in [0.4, 0.5) is 0 Å². The number of nitrogens with zero attached hydrogens (tertiary/aromatic N) is 1. The number of rotatable bonds is 1. The number of benzene rings is 1. The third-order valence-electron chi connectivity index (χ3n) is 2.43. The molecule has 70 valence electrons. The number of hydrogen-bond acceptors (Lipinski definition) is 3. The van der Waals surface area contributed by atoms with E-state index in [2.05, 4.69) is 4.99 Å². The molecule has 0 aliphatic heterocycles. The molecule has 0 aromatic heterocycles. The third-order valence-corrected chi connectivity index (χ3v) is 2.43. The van der Waals surface area contributed by atoms with Gasteiger partial charge in [-0.2, -0.15) is 0 Å². The summed E-state index contributed by atoms with van der Waals surface area (Å²) < 4.78 is 0. The summed E-state index contributed by atoms with van der Waals surface area (Å²) in [7, 11) is 0. The molecule has 1 aliphatic rings. The van der Waals surface area contributed by atoms with E-state index in [9.17, 15) is 9.59 Å². The molecule has 1 unspecified atom stereocenters. The standard InChI is InChI=1S/C11H9NO2/c13-7-12-9-5-8-3-1-2-4-10(8)11(14)6-9/h1-4,9H,5-6H2. The minimum absolute atomic E-state index is 0.0656. The SMILES string of the molecule is O=C=NC1CC(=O)c2ccccc2C1. The fourth-order valence-corrected chi connectivity index (χ4v) is 1.79. The zero-order chi connectivity index (χ0) is 9.97. The molecule has 0 radical (unpaired) electrons. The number of Topliss-reactive ketones (excluding diaryl/α,β-unsaturated/α-hetero) is 1. The number of fused-ring (bicyclic) bond motifs is 1. The monoisotopic (exact) mass is 187 g/mol. The molecular weight excluding hydrogens is 178 g/mol. The molecule has 1 aromatic carbocycles. The maximum Gasteiger partial charge on any atom is 0.235 e. The zero-order valence-electron chi connectivity index (χ0n) is 7.56. The topological polar surface area (TPSA) is 46.5 Å². The summed E-state index contributed by atoms with van der Waals surface area (Å²) in [5.74, 6) is 0.0656. The molecule has 1 aliphatic carbocycles. The Labute approximate surface area is 81.5 Å². The van der Waals surface area contributed by atoms with Crippen LogP contribution in [-0.2, 0) is 11.2 Å². The van der Waals surface area contributed by atoms with Crippen LogP contribution in [0.2, 0.25) is 0 Å². The van der Waals surface area contributed by atoms with E-state index < -0.39 is 0 Å². The van der Waals surface area contributed by atoms with Gasteiger partial charge in [0.1, 0.15) is 0 Å². The van der Waals surface area contributed by atoms with Crippen molar-refractivity contribution in [1.29, 1.82) is 0 Å². The van der Waals surface area contributed by atoms with E-state index in [0.29, 0.717) is 12.8 Å². The van der Waals surface area contributed by atoms with Crippen LogP contribution >= 0.6 is 0 Å². The smallest absolute Gasteiger partial charge is 0.235 e. The second-order valence-corrected chi connectivity index (χ2v) is 3.36. The van der Waals surface area contributed by atoms with E-state index in [1.807, 2.05) is 24.3 Å². The van der Waals surface area contributed by atoms with Crippen LogP contribution < -0.4 is 0 Å². The van der Waals surface area contributed by atoms with Gasteiger partial charge in [-0.25, -0.2) is 9.79 Å². The van der Waals surface area contributed by atoms with Crippen molar-refractivity contribution in [2.24, 2.45) is 4.99 Å². The molecule has 0 saturated carbocycles. The van der Waals surface area contributed by atoms with Gasteiger partial charge in [-0.3, -0.25) is 4.79 Å². The van der Waals surface area contributed by atoms with E-state index >= 15 is 0 Å². The largest absolute Gasteiger partial charge is 0.294 e. The lowest BCUT2D eigenvalue weighted by Gasteiger charge is -2.18. The average molecular weight is 187 g/mol. The molecule has 0 bridgehead atoms. The van der Waals surface area contributed by atoms with Gasteiger partial charge in [-0.05, 0) is 12.0 Å². The lowest BCUT2D eigenvalue weighted by molar-refractivity contribution is 0.0966. The van der Waals surface area contributed by atoms with Gasteiger partial charge < -0.3 is 0 Å². The van der Waals surface area contributed by atoms with Crippen LogP contribution in [-0.4, -0.2) is 17.9 Å². The number of isocyanates is 1. The van der Waals surface area contributed by atoms with E-state index in [0.717, 1.165) is 11.1 Å². The van der Waals surface area contributed by atoms with Gasteiger partial charge in [0.2, 0.25) is 6.08 Å². The maximum absolute atomic E-state index is 11.6. The maximum atomic E-state index is 11.6. The average Bonchev–Trinajstić information content (AvgIpc) is 2.18. The van der Waals surface area contributed by atoms with Gasteiger partial charge in [0.25, 0.3) is 0 Å². The molecule has 0 N–H and O–H groups in total. The highest BCUT2D eigenvalue weighted by Crippen LogP contribution is 2.22. The Hall–Kier alpha value is -1.73. The molecule has 2 rings (SSSR count). The summed E-state index contributed by atoms with van der Waals surface area (Å²) in [5, 5.41) is 0. The van der Waals surface area contributed by atoms with Crippen LogP contribution in [0.5, 0.6) is 0 Å². The van der Waals surface area contributed by atoms with Crippen molar-refractivity contribution in [3.63, 3.8) is 0 Å². The van der Waals surface area contributed by atoms with Crippen molar-refractivity contribution in [2.75, 3.05) is 0 Å². The molecule has 1 atom stereocenters. The minimum Gasteiger partial charge on any atom is -0.294 e. The van der Waals surface area contributed by atoms with Crippen LogP contribution in [0.15, 0.2) is 29.3 Å². The van der Waals surface area contributed by atoms with Crippen LogP contribution in [0.1, 0.15) is 22.3 Å². The Bertz CT molecular complexity index is 419. The lowest BCUT2D eigenvalue weighted by atomic mass is 9.88. The number of ketones is 1. The first kappa shape index (κ1) is 8.85. The number of carbonyl (C=O) groups excluding carboxylic acids is 2. The van der Waals surface area contributed by atoms with Gasteiger partial charge in [0.05, 0.1) is 6.04 Å². The predicted molar refractivity (Wildman–Crippen MR) is 51.0 cm³/mol. The van der Waals surface area contributed by atoms with Crippen molar-refractivity contribution in [3.05, 3.63) is 35.4 Å². The Balaban J connectivity index is 2.37. The van der Waals surface area contributed by atoms with Crippen LogP contribution in [0, 0.1) is 0 Å². The molecule has 0 amide bonds. The molecule has 14 heavy (non-hydrogen) atoms. The summed E-state index contributed by atoms with van der Waals surface area (Å²) in [5.41, 5.74) is 1.75. The van der Waals surface area contributed by atoms with Gasteiger partial charge in [-0.15, -0.1) is 0 Å². The summed E-state index contributed by atoms with van der Waals surface area (Å²) >= 11 is 0. The molecule has 3 nitrogen and oxygen atoms in total. The molecule has 0 saturated heterocycles. The van der Waals surface area contributed by atoms with Gasteiger partial charge in [0.15, 0.2) is 5.78 Å². The fraction of sp³-hybridized carbons (Fsp3) is 0.273. The first-order valence-corrected chi connectivity index (χ1v) is 4.49. The molecule has 0 spiro atoms. The molecular formula is C11H9NO2. The van der Waals surface area contributed by atoms with Crippen molar-refractivity contribution in [3.8, 4) is 0 Å². The molecule has 0 heterocycles.